The molecule has 0 unspecified atom stereocenters. The number of rotatable bonds is 2. The highest BCUT2D eigenvalue weighted by molar-refractivity contribution is 7.17. The second-order valence-corrected chi connectivity index (χ2v) is 4.58. The van der Waals surface area contributed by atoms with E-state index in [2.05, 4.69) is 9.72 Å². The summed E-state index contributed by atoms with van der Waals surface area (Å²) in [6.07, 6.45) is 0. The van der Waals surface area contributed by atoms with Gasteiger partial charge in [-0.25, -0.2) is 9.78 Å². The Hall–Kier alpha value is -1.39. The molecule has 2 rings (SSSR count). The van der Waals surface area contributed by atoms with Crippen molar-refractivity contribution in [3.63, 3.8) is 0 Å². The molecule has 0 N–H and O–H groups in total. The molecule has 0 saturated carbocycles. The van der Waals surface area contributed by atoms with E-state index in [9.17, 15) is 4.79 Å². The first-order valence-corrected chi connectivity index (χ1v) is 5.72. The summed E-state index contributed by atoms with van der Waals surface area (Å²) in [5.41, 5.74) is 1.42. The maximum Gasteiger partial charge on any atom is 0.350 e. The maximum atomic E-state index is 11.5. The van der Waals surface area contributed by atoms with Crippen LogP contribution in [0, 0.1) is 0 Å². The summed E-state index contributed by atoms with van der Waals surface area (Å²) in [5.74, 6) is -0.414. The third kappa shape index (κ3) is 2.08. The molecule has 0 aliphatic carbocycles. The van der Waals surface area contributed by atoms with Crippen LogP contribution in [0.25, 0.3) is 11.3 Å². The molecule has 0 radical (unpaired) electrons. The number of aromatic nitrogens is 1. The van der Waals surface area contributed by atoms with Gasteiger partial charge in [0, 0.05) is 5.56 Å². The number of carbonyl (C=O) groups is 1. The van der Waals surface area contributed by atoms with Gasteiger partial charge in [0.1, 0.15) is 4.88 Å². The summed E-state index contributed by atoms with van der Waals surface area (Å²) in [6.45, 7) is 0. The van der Waals surface area contributed by atoms with Crippen molar-refractivity contribution in [2.24, 2.45) is 0 Å². The van der Waals surface area contributed by atoms with Crippen molar-refractivity contribution in [1.82, 2.24) is 4.98 Å². The highest BCUT2D eigenvalue weighted by Gasteiger charge is 2.18. The first kappa shape index (κ1) is 11.1. The molecule has 82 valence electrons. The van der Waals surface area contributed by atoms with Crippen LogP contribution < -0.4 is 0 Å². The Morgan fingerprint density at radius 3 is 2.69 bits per heavy atom. The highest BCUT2D eigenvalue weighted by atomic mass is 35.5. The fourth-order valence-electron chi connectivity index (χ4n) is 1.32. The molecule has 0 aliphatic rings. The van der Waals surface area contributed by atoms with Crippen molar-refractivity contribution in [2.75, 3.05) is 7.11 Å². The quantitative estimate of drug-likeness (QED) is 0.772. The first-order chi connectivity index (χ1) is 7.72. The van der Waals surface area contributed by atoms with Gasteiger partial charge >= 0.3 is 5.97 Å². The molecule has 0 bridgehead atoms. The fourth-order valence-corrected chi connectivity index (χ4v) is 2.36. The van der Waals surface area contributed by atoms with E-state index >= 15 is 0 Å². The van der Waals surface area contributed by atoms with Crippen LogP contribution in [0.5, 0.6) is 0 Å². The molecule has 5 heteroatoms. The van der Waals surface area contributed by atoms with Crippen molar-refractivity contribution < 1.29 is 9.53 Å². The average molecular weight is 254 g/mol. The molecule has 1 aromatic carbocycles. The van der Waals surface area contributed by atoms with Gasteiger partial charge in [-0.15, -0.1) is 0 Å². The van der Waals surface area contributed by atoms with Crippen molar-refractivity contribution >= 4 is 28.9 Å². The lowest BCUT2D eigenvalue weighted by molar-refractivity contribution is 0.0607. The first-order valence-electron chi connectivity index (χ1n) is 4.52. The average Bonchev–Trinajstić information content (AvgIpc) is 2.71. The molecule has 0 fully saturated rings. The lowest BCUT2D eigenvalue weighted by Crippen LogP contribution is -2.00. The van der Waals surface area contributed by atoms with E-state index in [1.54, 1.807) is 0 Å². The lowest BCUT2D eigenvalue weighted by Gasteiger charge is -1.99. The molecule has 2 aromatic rings. The summed E-state index contributed by atoms with van der Waals surface area (Å²) in [4.78, 5) is 16.1. The van der Waals surface area contributed by atoms with Crippen LogP contribution in [0.2, 0.25) is 4.47 Å². The molecule has 1 heterocycles. The number of nitrogens with zero attached hydrogens (tertiary/aromatic N) is 1. The molecule has 0 atom stereocenters. The Bertz CT molecular complexity index is 510. The van der Waals surface area contributed by atoms with Crippen LogP contribution in [0.1, 0.15) is 9.67 Å². The molecular formula is C11H8ClNO2S. The summed E-state index contributed by atoms with van der Waals surface area (Å²) in [7, 11) is 1.34. The standard InChI is InChI=1S/C11H8ClNO2S/c1-15-10(14)9-8(13-11(12)16-9)7-5-3-2-4-6-7/h2-6H,1H3. The Morgan fingerprint density at radius 1 is 1.38 bits per heavy atom. The van der Waals surface area contributed by atoms with Crippen LogP contribution in [0.15, 0.2) is 30.3 Å². The summed E-state index contributed by atoms with van der Waals surface area (Å²) in [6, 6.07) is 9.40. The number of benzene rings is 1. The van der Waals surface area contributed by atoms with Crippen molar-refractivity contribution in [3.05, 3.63) is 39.7 Å². The second kappa shape index (κ2) is 4.63. The van der Waals surface area contributed by atoms with E-state index in [-0.39, 0.29) is 0 Å². The van der Waals surface area contributed by atoms with Crippen LogP contribution >= 0.6 is 22.9 Å². The van der Waals surface area contributed by atoms with Crippen molar-refractivity contribution in [3.8, 4) is 11.3 Å². The topological polar surface area (TPSA) is 39.2 Å². The minimum atomic E-state index is -0.414. The van der Waals surface area contributed by atoms with Gasteiger partial charge in [-0.2, -0.15) is 0 Å². The summed E-state index contributed by atoms with van der Waals surface area (Å²) < 4.78 is 5.02. The van der Waals surface area contributed by atoms with Gasteiger partial charge in [-0.3, -0.25) is 0 Å². The molecule has 0 aliphatic heterocycles. The number of hydrogen-bond acceptors (Lipinski definition) is 4. The van der Waals surface area contributed by atoms with Gasteiger partial charge < -0.3 is 4.74 Å². The van der Waals surface area contributed by atoms with Crippen LogP contribution in [0.3, 0.4) is 0 Å². The number of halogens is 1. The van der Waals surface area contributed by atoms with Gasteiger partial charge in [0.2, 0.25) is 0 Å². The minimum absolute atomic E-state index is 0.333. The zero-order chi connectivity index (χ0) is 11.5. The number of thiazole rings is 1. The monoisotopic (exact) mass is 253 g/mol. The third-order valence-electron chi connectivity index (χ3n) is 2.02. The number of hydrogen-bond donors (Lipinski definition) is 0. The molecule has 0 saturated heterocycles. The SMILES string of the molecule is COC(=O)c1sc(Cl)nc1-c1ccccc1. The van der Waals surface area contributed by atoms with Gasteiger partial charge in [-0.1, -0.05) is 53.3 Å². The number of ether oxygens (including phenoxy) is 1. The molecule has 0 spiro atoms. The Labute approximate surface area is 102 Å². The van der Waals surface area contributed by atoms with E-state index in [0.29, 0.717) is 15.0 Å². The van der Waals surface area contributed by atoms with E-state index < -0.39 is 5.97 Å². The molecule has 1 aromatic heterocycles. The van der Waals surface area contributed by atoms with Crippen LogP contribution in [-0.4, -0.2) is 18.1 Å². The largest absolute Gasteiger partial charge is 0.465 e. The predicted molar refractivity (Wildman–Crippen MR) is 63.9 cm³/mol. The zero-order valence-corrected chi connectivity index (χ0v) is 10.0. The molecular weight excluding hydrogens is 246 g/mol. The predicted octanol–water partition coefficient (Wildman–Crippen LogP) is 3.25. The van der Waals surface area contributed by atoms with Gasteiger partial charge in [0.15, 0.2) is 4.47 Å². The van der Waals surface area contributed by atoms with Crippen molar-refractivity contribution in [1.29, 1.82) is 0 Å². The number of methoxy groups -OCH3 is 1. The van der Waals surface area contributed by atoms with E-state index in [4.69, 9.17) is 11.6 Å². The van der Waals surface area contributed by atoms with E-state index in [1.165, 1.54) is 7.11 Å². The lowest BCUT2D eigenvalue weighted by atomic mass is 10.1. The second-order valence-electron chi connectivity index (χ2n) is 3.00. The number of carbonyl (C=O) groups excluding carboxylic acids is 1. The van der Waals surface area contributed by atoms with Crippen LogP contribution in [-0.2, 0) is 4.74 Å². The van der Waals surface area contributed by atoms with Gasteiger partial charge in [-0.05, 0) is 0 Å². The fraction of sp³-hybridized carbons (Fsp3) is 0.0909. The minimum Gasteiger partial charge on any atom is -0.465 e. The Kier molecular flexibility index (Phi) is 3.22. The third-order valence-corrected chi connectivity index (χ3v) is 3.16. The van der Waals surface area contributed by atoms with E-state index in [0.717, 1.165) is 16.9 Å². The number of esters is 1. The summed E-state index contributed by atoms with van der Waals surface area (Å²) in [5, 5.41) is 0. The molecule has 3 nitrogen and oxygen atoms in total. The highest BCUT2D eigenvalue weighted by Crippen LogP contribution is 2.31. The van der Waals surface area contributed by atoms with Gasteiger partial charge in [0.05, 0.1) is 12.8 Å². The van der Waals surface area contributed by atoms with Crippen LogP contribution in [0.4, 0.5) is 0 Å². The normalized spacial score (nSPS) is 10.1. The Balaban J connectivity index is 2.53. The summed E-state index contributed by atoms with van der Waals surface area (Å²) >= 11 is 6.94. The van der Waals surface area contributed by atoms with Crippen molar-refractivity contribution in [2.45, 2.75) is 0 Å². The zero-order valence-electron chi connectivity index (χ0n) is 8.44. The molecule has 0 amide bonds. The smallest absolute Gasteiger partial charge is 0.350 e. The molecule has 16 heavy (non-hydrogen) atoms. The van der Waals surface area contributed by atoms with E-state index in [1.807, 2.05) is 30.3 Å². The van der Waals surface area contributed by atoms with Gasteiger partial charge in [0.25, 0.3) is 0 Å². The Morgan fingerprint density at radius 2 is 2.06 bits per heavy atom. The maximum absolute atomic E-state index is 11.5.